The maximum atomic E-state index is 12.8. The van der Waals surface area contributed by atoms with Gasteiger partial charge in [0.2, 0.25) is 0 Å². The molecule has 178 valence electrons. The van der Waals surface area contributed by atoms with Gasteiger partial charge in [0, 0.05) is 5.69 Å². The molecule has 0 saturated carbocycles. The Balaban J connectivity index is 1.45. The lowest BCUT2D eigenvalue weighted by molar-refractivity contribution is -0.118. The van der Waals surface area contributed by atoms with Crippen molar-refractivity contribution in [1.29, 1.82) is 0 Å². The van der Waals surface area contributed by atoms with E-state index in [0.717, 1.165) is 0 Å². The summed E-state index contributed by atoms with van der Waals surface area (Å²) in [4.78, 5) is 29.5. The number of para-hydroxylation sites is 1. The molecule has 0 fully saturated rings. The van der Waals surface area contributed by atoms with Crippen LogP contribution >= 0.6 is 0 Å². The quantitative estimate of drug-likeness (QED) is 0.393. The molecule has 1 N–H and O–H groups in total. The topological polar surface area (TPSA) is 104 Å². The minimum atomic E-state index is -0.318. The highest BCUT2D eigenvalue weighted by Crippen LogP contribution is 2.27. The Hall–Kier alpha value is -4.66. The fraction of sp³-hybridized carbons (Fsp3) is 0.154. The molecule has 0 aliphatic rings. The van der Waals surface area contributed by atoms with Crippen molar-refractivity contribution in [2.24, 2.45) is 5.10 Å². The zero-order chi connectivity index (χ0) is 24.8. The summed E-state index contributed by atoms with van der Waals surface area (Å²) in [6.07, 6.45) is 1.54. The van der Waals surface area contributed by atoms with Gasteiger partial charge in [-0.25, -0.2) is 4.98 Å². The van der Waals surface area contributed by atoms with Crippen LogP contribution in [0.25, 0.3) is 10.9 Å². The molecule has 0 unspecified atom stereocenters. The number of nitrogens with zero attached hydrogens (tertiary/aromatic N) is 3. The highest BCUT2D eigenvalue weighted by molar-refractivity contribution is 5.92. The summed E-state index contributed by atoms with van der Waals surface area (Å²) in [5, 5.41) is 7.56. The van der Waals surface area contributed by atoms with Crippen LogP contribution in [0.3, 0.4) is 0 Å². The standard InChI is InChI=1S/C26H24N4O5/c1-17-28-22-7-5-4-6-21(22)26(32)30(17)27-15-18-8-13-23(24(14-18)34-3)35-16-25(31)29-19-9-11-20(33-2)12-10-19/h4-15H,16H2,1-3H3,(H,29,31)/b27-15+. The van der Waals surface area contributed by atoms with Crippen molar-refractivity contribution in [2.45, 2.75) is 6.92 Å². The van der Waals surface area contributed by atoms with Gasteiger partial charge in [0.15, 0.2) is 18.1 Å². The molecule has 0 aliphatic carbocycles. The van der Waals surface area contributed by atoms with Crippen LogP contribution in [0.4, 0.5) is 5.69 Å². The van der Waals surface area contributed by atoms with E-state index in [1.807, 2.05) is 6.07 Å². The maximum Gasteiger partial charge on any atom is 0.282 e. The first-order valence-corrected chi connectivity index (χ1v) is 10.8. The van der Waals surface area contributed by atoms with E-state index in [1.54, 1.807) is 74.7 Å². The predicted octanol–water partition coefficient (Wildman–Crippen LogP) is 3.62. The summed E-state index contributed by atoms with van der Waals surface area (Å²) in [7, 11) is 3.08. The van der Waals surface area contributed by atoms with Crippen LogP contribution in [-0.2, 0) is 4.79 Å². The Morgan fingerprint density at radius 3 is 2.54 bits per heavy atom. The smallest absolute Gasteiger partial charge is 0.282 e. The Labute approximate surface area is 201 Å². The Morgan fingerprint density at radius 2 is 1.80 bits per heavy atom. The van der Waals surface area contributed by atoms with Crippen LogP contribution in [0.5, 0.6) is 17.2 Å². The average molecular weight is 473 g/mol. The molecule has 0 saturated heterocycles. The van der Waals surface area contributed by atoms with Crippen LogP contribution in [0, 0.1) is 6.92 Å². The average Bonchev–Trinajstić information content (AvgIpc) is 2.88. The Kier molecular flexibility index (Phi) is 7.06. The molecule has 4 aromatic rings. The van der Waals surface area contributed by atoms with Gasteiger partial charge in [0.25, 0.3) is 11.5 Å². The van der Waals surface area contributed by atoms with Crippen LogP contribution in [0.1, 0.15) is 11.4 Å². The third kappa shape index (κ3) is 5.47. The summed E-state index contributed by atoms with van der Waals surface area (Å²) in [5.41, 5.74) is 1.68. The van der Waals surface area contributed by atoms with E-state index in [9.17, 15) is 9.59 Å². The number of anilines is 1. The minimum Gasteiger partial charge on any atom is -0.497 e. The van der Waals surface area contributed by atoms with Crippen molar-refractivity contribution >= 4 is 28.7 Å². The largest absolute Gasteiger partial charge is 0.497 e. The van der Waals surface area contributed by atoms with Gasteiger partial charge in [0.05, 0.1) is 31.3 Å². The van der Waals surface area contributed by atoms with Crippen molar-refractivity contribution < 1.29 is 19.0 Å². The highest BCUT2D eigenvalue weighted by atomic mass is 16.5. The number of aryl methyl sites for hydroxylation is 1. The Morgan fingerprint density at radius 1 is 1.03 bits per heavy atom. The number of benzene rings is 3. The van der Waals surface area contributed by atoms with E-state index in [1.165, 1.54) is 18.0 Å². The lowest BCUT2D eigenvalue weighted by Gasteiger charge is -2.12. The van der Waals surface area contributed by atoms with Gasteiger partial charge >= 0.3 is 0 Å². The van der Waals surface area contributed by atoms with E-state index in [0.29, 0.717) is 45.2 Å². The number of amides is 1. The second kappa shape index (κ2) is 10.5. The number of hydrogen-bond donors (Lipinski definition) is 1. The molecule has 9 heteroatoms. The molecule has 35 heavy (non-hydrogen) atoms. The number of aromatic nitrogens is 2. The summed E-state index contributed by atoms with van der Waals surface area (Å²) < 4.78 is 17.4. The van der Waals surface area contributed by atoms with Gasteiger partial charge in [-0.05, 0) is 67.1 Å². The third-order valence-electron chi connectivity index (χ3n) is 5.16. The molecule has 0 radical (unpaired) electrons. The first-order chi connectivity index (χ1) is 17.0. The van der Waals surface area contributed by atoms with Crippen molar-refractivity contribution in [3.05, 3.63) is 88.5 Å². The molecule has 1 aromatic heterocycles. The fourth-order valence-corrected chi connectivity index (χ4v) is 3.39. The molecule has 0 atom stereocenters. The SMILES string of the molecule is COc1ccc(NC(=O)COc2ccc(/C=N/n3c(C)nc4ccccc4c3=O)cc2OC)cc1. The normalized spacial score (nSPS) is 10.9. The lowest BCUT2D eigenvalue weighted by atomic mass is 10.2. The summed E-state index contributed by atoms with van der Waals surface area (Å²) in [6.45, 7) is 1.52. The summed E-state index contributed by atoms with van der Waals surface area (Å²) >= 11 is 0. The highest BCUT2D eigenvalue weighted by Gasteiger charge is 2.10. The zero-order valence-corrected chi connectivity index (χ0v) is 19.5. The number of rotatable bonds is 8. The third-order valence-corrected chi connectivity index (χ3v) is 5.16. The number of hydrogen-bond acceptors (Lipinski definition) is 7. The molecule has 9 nitrogen and oxygen atoms in total. The predicted molar refractivity (Wildman–Crippen MR) is 134 cm³/mol. The Bertz CT molecular complexity index is 1440. The molecule has 1 amide bonds. The van der Waals surface area contributed by atoms with Crippen molar-refractivity contribution in [3.63, 3.8) is 0 Å². The molecule has 0 bridgehead atoms. The fourth-order valence-electron chi connectivity index (χ4n) is 3.39. The van der Waals surface area contributed by atoms with Gasteiger partial charge in [-0.3, -0.25) is 9.59 Å². The van der Waals surface area contributed by atoms with Gasteiger partial charge in [-0.15, -0.1) is 0 Å². The van der Waals surface area contributed by atoms with E-state index in [4.69, 9.17) is 14.2 Å². The maximum absolute atomic E-state index is 12.8. The summed E-state index contributed by atoms with van der Waals surface area (Å²) in [6, 6.07) is 19.2. The number of fused-ring (bicyclic) bond motifs is 1. The van der Waals surface area contributed by atoms with Crippen LogP contribution in [0.15, 0.2) is 76.6 Å². The van der Waals surface area contributed by atoms with Gasteiger partial charge in [-0.2, -0.15) is 9.78 Å². The first kappa shape index (κ1) is 23.5. The van der Waals surface area contributed by atoms with Crippen LogP contribution < -0.4 is 25.1 Å². The number of carbonyl (C=O) groups is 1. The molecule has 1 heterocycles. The summed E-state index contributed by atoms with van der Waals surface area (Å²) in [5.74, 6) is 1.67. The van der Waals surface area contributed by atoms with Crippen molar-refractivity contribution in [3.8, 4) is 17.2 Å². The number of ether oxygens (including phenoxy) is 3. The monoisotopic (exact) mass is 472 g/mol. The van der Waals surface area contributed by atoms with E-state index < -0.39 is 0 Å². The first-order valence-electron chi connectivity index (χ1n) is 10.8. The van der Waals surface area contributed by atoms with Gasteiger partial charge in [0.1, 0.15) is 11.6 Å². The molecule has 0 spiro atoms. The van der Waals surface area contributed by atoms with Gasteiger partial charge < -0.3 is 19.5 Å². The molecular weight excluding hydrogens is 448 g/mol. The van der Waals surface area contributed by atoms with Crippen LogP contribution in [-0.4, -0.2) is 42.6 Å². The van der Waals surface area contributed by atoms with Crippen molar-refractivity contribution in [1.82, 2.24) is 9.66 Å². The lowest BCUT2D eigenvalue weighted by Crippen LogP contribution is -2.20. The second-order valence-corrected chi connectivity index (χ2v) is 7.51. The number of carbonyl (C=O) groups excluding carboxylic acids is 1. The second-order valence-electron chi connectivity index (χ2n) is 7.51. The zero-order valence-electron chi connectivity index (χ0n) is 19.5. The minimum absolute atomic E-state index is 0.201. The molecule has 0 aliphatic heterocycles. The van der Waals surface area contributed by atoms with Crippen LogP contribution in [0.2, 0.25) is 0 Å². The molecule has 4 rings (SSSR count). The number of nitrogens with one attached hydrogen (secondary N) is 1. The van der Waals surface area contributed by atoms with E-state index in [-0.39, 0.29) is 18.1 Å². The molecular formula is C26H24N4O5. The van der Waals surface area contributed by atoms with E-state index >= 15 is 0 Å². The number of methoxy groups -OCH3 is 2. The van der Waals surface area contributed by atoms with Gasteiger partial charge in [-0.1, -0.05) is 12.1 Å². The van der Waals surface area contributed by atoms with E-state index in [2.05, 4.69) is 15.4 Å². The molecule has 3 aromatic carbocycles. The van der Waals surface area contributed by atoms with Crippen molar-refractivity contribution in [2.75, 3.05) is 26.1 Å².